The number of piperidine rings is 1. The summed E-state index contributed by atoms with van der Waals surface area (Å²) in [5.74, 6) is 1.02. The van der Waals surface area contributed by atoms with Crippen LogP contribution in [0.25, 0.3) is 21.9 Å². The maximum atomic E-state index is 12.7. The van der Waals surface area contributed by atoms with Gasteiger partial charge in [0, 0.05) is 36.6 Å². The second kappa shape index (κ2) is 7.95. The van der Waals surface area contributed by atoms with Gasteiger partial charge in [0.1, 0.15) is 5.82 Å². The summed E-state index contributed by atoms with van der Waals surface area (Å²) >= 11 is 0. The minimum absolute atomic E-state index is 0.0816. The van der Waals surface area contributed by atoms with Crippen molar-refractivity contribution < 1.29 is 4.79 Å². The van der Waals surface area contributed by atoms with Gasteiger partial charge in [-0.1, -0.05) is 30.3 Å². The average molecular weight is 402 g/mol. The molecule has 1 fully saturated rings. The molecule has 0 unspecified atom stereocenters. The van der Waals surface area contributed by atoms with Gasteiger partial charge in [-0.2, -0.15) is 0 Å². The molecule has 1 aliphatic rings. The molecule has 154 valence electrons. The zero-order chi connectivity index (χ0) is 20.5. The quantitative estimate of drug-likeness (QED) is 0.537. The first-order valence-corrected chi connectivity index (χ1v) is 10.6. The van der Waals surface area contributed by atoms with Gasteiger partial charge in [-0.15, -0.1) is 0 Å². The number of aromatic amines is 1. The molecule has 3 heterocycles. The van der Waals surface area contributed by atoms with E-state index in [1.54, 1.807) is 0 Å². The standard InChI is InChI=1S/C24H27N5O/c1-28-15-18(19-6-2-5-9-22(19)28)16-29-12-10-17(11-13-29)24(30)25-14-23-26-20-7-3-4-8-21(20)27-23/h2-9,15,17H,10-14,16H2,1H3,(H,25,30)(H,26,27). The van der Waals surface area contributed by atoms with E-state index in [1.807, 2.05) is 24.3 Å². The molecule has 30 heavy (non-hydrogen) atoms. The Bertz CT molecular complexity index is 1150. The van der Waals surface area contributed by atoms with Crippen LogP contribution in [-0.4, -0.2) is 38.4 Å². The van der Waals surface area contributed by atoms with Crippen molar-refractivity contribution in [3.8, 4) is 0 Å². The molecule has 6 heteroatoms. The molecule has 0 saturated carbocycles. The van der Waals surface area contributed by atoms with Crippen molar-refractivity contribution in [3.05, 3.63) is 66.1 Å². The molecule has 0 bridgehead atoms. The van der Waals surface area contributed by atoms with Crippen molar-refractivity contribution in [1.82, 2.24) is 24.8 Å². The van der Waals surface area contributed by atoms with Crippen molar-refractivity contribution in [3.63, 3.8) is 0 Å². The Balaban J connectivity index is 1.15. The fourth-order valence-corrected chi connectivity index (χ4v) is 4.55. The number of amides is 1. The molecule has 2 aromatic carbocycles. The Morgan fingerprint density at radius 2 is 1.90 bits per heavy atom. The van der Waals surface area contributed by atoms with Gasteiger partial charge in [0.15, 0.2) is 0 Å². The number of imidazole rings is 1. The average Bonchev–Trinajstić information content (AvgIpc) is 3.33. The van der Waals surface area contributed by atoms with E-state index in [2.05, 4.69) is 62.3 Å². The number of likely N-dealkylation sites (tertiary alicyclic amines) is 1. The van der Waals surface area contributed by atoms with Crippen LogP contribution in [0.2, 0.25) is 0 Å². The minimum Gasteiger partial charge on any atom is -0.350 e. The summed E-state index contributed by atoms with van der Waals surface area (Å²) in [7, 11) is 2.10. The predicted molar refractivity (Wildman–Crippen MR) is 119 cm³/mol. The number of rotatable bonds is 5. The number of aryl methyl sites for hydroxylation is 1. The lowest BCUT2D eigenvalue weighted by atomic mass is 9.95. The summed E-state index contributed by atoms with van der Waals surface area (Å²) in [4.78, 5) is 22.9. The molecule has 5 rings (SSSR count). The molecule has 1 aliphatic heterocycles. The van der Waals surface area contributed by atoms with Gasteiger partial charge in [-0.3, -0.25) is 9.69 Å². The maximum absolute atomic E-state index is 12.7. The number of aromatic nitrogens is 3. The number of para-hydroxylation sites is 3. The summed E-state index contributed by atoms with van der Waals surface area (Å²) < 4.78 is 2.20. The number of hydrogen-bond acceptors (Lipinski definition) is 3. The highest BCUT2D eigenvalue weighted by Gasteiger charge is 2.25. The normalized spacial score (nSPS) is 15.8. The lowest BCUT2D eigenvalue weighted by Gasteiger charge is -2.31. The van der Waals surface area contributed by atoms with Gasteiger partial charge < -0.3 is 14.9 Å². The molecule has 2 N–H and O–H groups in total. The minimum atomic E-state index is 0.0816. The van der Waals surface area contributed by atoms with Crippen molar-refractivity contribution in [2.45, 2.75) is 25.9 Å². The Kier molecular flexibility index (Phi) is 5.01. The van der Waals surface area contributed by atoms with Crippen molar-refractivity contribution in [1.29, 1.82) is 0 Å². The Labute approximate surface area is 175 Å². The molecule has 1 saturated heterocycles. The molecule has 6 nitrogen and oxygen atoms in total. The lowest BCUT2D eigenvalue weighted by Crippen LogP contribution is -2.40. The SMILES string of the molecule is Cn1cc(CN2CCC(C(=O)NCc3nc4ccccc4[nH]3)CC2)c2ccccc21. The van der Waals surface area contributed by atoms with Gasteiger partial charge in [0.2, 0.25) is 5.91 Å². The highest BCUT2D eigenvalue weighted by Crippen LogP contribution is 2.24. The second-order valence-corrected chi connectivity index (χ2v) is 8.25. The third kappa shape index (κ3) is 3.71. The molecule has 0 radical (unpaired) electrons. The van der Waals surface area contributed by atoms with E-state index in [0.29, 0.717) is 6.54 Å². The molecule has 1 amide bonds. The number of carbonyl (C=O) groups excluding carboxylic acids is 1. The highest BCUT2D eigenvalue weighted by molar-refractivity contribution is 5.84. The van der Waals surface area contributed by atoms with E-state index in [9.17, 15) is 4.79 Å². The molecular weight excluding hydrogens is 374 g/mol. The Hall–Kier alpha value is -3.12. The van der Waals surface area contributed by atoms with E-state index >= 15 is 0 Å². The van der Waals surface area contributed by atoms with E-state index in [-0.39, 0.29) is 11.8 Å². The third-order valence-electron chi connectivity index (χ3n) is 6.20. The van der Waals surface area contributed by atoms with Crippen LogP contribution in [0, 0.1) is 5.92 Å². The van der Waals surface area contributed by atoms with Crippen LogP contribution >= 0.6 is 0 Å². The van der Waals surface area contributed by atoms with Crippen LogP contribution in [0.3, 0.4) is 0 Å². The van der Waals surface area contributed by atoms with Crippen LogP contribution in [-0.2, 0) is 24.9 Å². The first-order chi connectivity index (χ1) is 14.7. The lowest BCUT2D eigenvalue weighted by molar-refractivity contribution is -0.126. The van der Waals surface area contributed by atoms with E-state index in [1.165, 1.54) is 16.5 Å². The zero-order valence-electron chi connectivity index (χ0n) is 17.3. The number of benzene rings is 2. The largest absolute Gasteiger partial charge is 0.350 e. The van der Waals surface area contributed by atoms with E-state index in [4.69, 9.17) is 0 Å². The first kappa shape index (κ1) is 18.9. The topological polar surface area (TPSA) is 66.0 Å². The monoisotopic (exact) mass is 401 g/mol. The number of carbonyl (C=O) groups is 1. The number of nitrogens with zero attached hydrogens (tertiary/aromatic N) is 3. The fourth-order valence-electron chi connectivity index (χ4n) is 4.55. The van der Waals surface area contributed by atoms with Gasteiger partial charge in [0.05, 0.1) is 17.6 Å². The molecule has 0 atom stereocenters. The van der Waals surface area contributed by atoms with Gasteiger partial charge in [0.25, 0.3) is 0 Å². The summed E-state index contributed by atoms with van der Waals surface area (Å²) in [5.41, 5.74) is 4.57. The summed E-state index contributed by atoms with van der Waals surface area (Å²) in [6.45, 7) is 3.29. The van der Waals surface area contributed by atoms with Crippen LogP contribution in [0.15, 0.2) is 54.7 Å². The van der Waals surface area contributed by atoms with E-state index < -0.39 is 0 Å². The highest BCUT2D eigenvalue weighted by atomic mass is 16.1. The van der Waals surface area contributed by atoms with Crippen LogP contribution < -0.4 is 5.32 Å². The number of hydrogen-bond donors (Lipinski definition) is 2. The Morgan fingerprint density at radius 1 is 1.13 bits per heavy atom. The number of H-pyrrole nitrogens is 1. The van der Waals surface area contributed by atoms with E-state index in [0.717, 1.165) is 49.3 Å². The fraction of sp³-hybridized carbons (Fsp3) is 0.333. The second-order valence-electron chi connectivity index (χ2n) is 8.25. The first-order valence-electron chi connectivity index (χ1n) is 10.6. The number of nitrogens with one attached hydrogen (secondary N) is 2. The molecule has 2 aromatic heterocycles. The van der Waals surface area contributed by atoms with Gasteiger partial charge >= 0.3 is 0 Å². The smallest absolute Gasteiger partial charge is 0.223 e. The third-order valence-corrected chi connectivity index (χ3v) is 6.20. The van der Waals surface area contributed by atoms with Crippen LogP contribution in [0.5, 0.6) is 0 Å². The molecule has 0 aliphatic carbocycles. The molecule has 0 spiro atoms. The predicted octanol–water partition coefficient (Wildman–Crippen LogP) is 3.58. The van der Waals surface area contributed by atoms with Crippen molar-refractivity contribution >= 4 is 27.8 Å². The zero-order valence-corrected chi connectivity index (χ0v) is 17.3. The summed E-state index contributed by atoms with van der Waals surface area (Å²) in [6, 6.07) is 16.5. The van der Waals surface area contributed by atoms with Crippen molar-refractivity contribution in [2.75, 3.05) is 13.1 Å². The summed E-state index contributed by atoms with van der Waals surface area (Å²) in [5, 5.41) is 4.39. The van der Waals surface area contributed by atoms with Gasteiger partial charge in [-0.25, -0.2) is 4.98 Å². The maximum Gasteiger partial charge on any atom is 0.223 e. The molecule has 4 aromatic rings. The summed E-state index contributed by atoms with van der Waals surface area (Å²) in [6.07, 6.45) is 4.03. The van der Waals surface area contributed by atoms with Crippen LogP contribution in [0.4, 0.5) is 0 Å². The number of fused-ring (bicyclic) bond motifs is 2. The van der Waals surface area contributed by atoms with Crippen molar-refractivity contribution in [2.24, 2.45) is 13.0 Å². The molecular formula is C24H27N5O. The van der Waals surface area contributed by atoms with Gasteiger partial charge in [-0.05, 0) is 49.7 Å². The van der Waals surface area contributed by atoms with Crippen LogP contribution in [0.1, 0.15) is 24.2 Å². The Morgan fingerprint density at radius 3 is 2.73 bits per heavy atom.